The van der Waals surface area contributed by atoms with Crippen molar-refractivity contribution in [3.63, 3.8) is 0 Å². The second kappa shape index (κ2) is 5.68. The summed E-state index contributed by atoms with van der Waals surface area (Å²) in [7, 11) is 0. The van der Waals surface area contributed by atoms with Crippen LogP contribution in [-0.4, -0.2) is 32.4 Å². The summed E-state index contributed by atoms with van der Waals surface area (Å²) in [5, 5.41) is 8.35. The third-order valence-electron chi connectivity index (χ3n) is 4.78. The third kappa shape index (κ3) is 2.59. The van der Waals surface area contributed by atoms with Gasteiger partial charge >= 0.3 is 0 Å². The number of hydrogen-bond donors (Lipinski definition) is 0. The molecular weight excluding hydrogens is 280 g/mol. The van der Waals surface area contributed by atoms with Gasteiger partial charge in [-0.3, -0.25) is 9.69 Å². The molecule has 2 aromatic heterocycles. The molecular formula is C16H20N4O2. The minimum absolute atomic E-state index is 0.0393. The van der Waals surface area contributed by atoms with Crippen molar-refractivity contribution in [2.24, 2.45) is 0 Å². The van der Waals surface area contributed by atoms with Crippen LogP contribution in [0.2, 0.25) is 0 Å². The lowest BCUT2D eigenvalue weighted by Crippen LogP contribution is -2.37. The molecule has 6 nitrogen and oxygen atoms in total. The summed E-state index contributed by atoms with van der Waals surface area (Å²) in [6, 6.07) is 2.15. The first-order valence-electron chi connectivity index (χ1n) is 8.02. The number of rotatable bonds is 4. The maximum Gasteiger partial charge on any atom is 0.267 e. The van der Waals surface area contributed by atoms with E-state index >= 15 is 0 Å². The molecule has 1 atom stereocenters. The first kappa shape index (κ1) is 13.7. The largest absolute Gasteiger partial charge is 0.364 e. The molecule has 1 fully saturated rings. The molecule has 0 spiro atoms. The van der Waals surface area contributed by atoms with Gasteiger partial charge in [-0.25, -0.2) is 4.68 Å². The molecule has 116 valence electrons. The van der Waals surface area contributed by atoms with Crippen molar-refractivity contribution in [2.75, 3.05) is 6.54 Å². The minimum Gasteiger partial charge on any atom is -0.364 e. The molecule has 6 heteroatoms. The first-order chi connectivity index (χ1) is 10.8. The van der Waals surface area contributed by atoms with Crippen LogP contribution in [0.4, 0.5) is 0 Å². The van der Waals surface area contributed by atoms with Gasteiger partial charge in [0.15, 0.2) is 0 Å². The predicted molar refractivity (Wildman–Crippen MR) is 80.5 cm³/mol. The molecule has 2 aliphatic rings. The van der Waals surface area contributed by atoms with E-state index in [2.05, 4.69) is 15.2 Å². The smallest absolute Gasteiger partial charge is 0.267 e. The van der Waals surface area contributed by atoms with Crippen LogP contribution in [0.3, 0.4) is 0 Å². The molecule has 4 rings (SSSR count). The summed E-state index contributed by atoms with van der Waals surface area (Å²) in [5.41, 5.74) is 3.39. The van der Waals surface area contributed by atoms with E-state index in [9.17, 15) is 4.79 Å². The van der Waals surface area contributed by atoms with E-state index in [0.29, 0.717) is 12.6 Å². The van der Waals surface area contributed by atoms with Gasteiger partial charge in [-0.05, 0) is 44.2 Å². The van der Waals surface area contributed by atoms with Crippen LogP contribution in [0.25, 0.3) is 0 Å². The summed E-state index contributed by atoms with van der Waals surface area (Å²) in [4.78, 5) is 14.6. The number of nitrogens with zero attached hydrogens (tertiary/aromatic N) is 4. The van der Waals surface area contributed by atoms with Gasteiger partial charge in [0.1, 0.15) is 6.26 Å². The van der Waals surface area contributed by atoms with Crippen molar-refractivity contribution in [2.45, 2.75) is 51.2 Å². The number of aromatic nitrogens is 3. The highest BCUT2D eigenvalue weighted by molar-refractivity contribution is 5.22. The quantitative estimate of drug-likeness (QED) is 0.853. The SMILES string of the molecule is O=c1cc2c(nn1CC1CCCN1Cc1cnoc1)CCC2. The Morgan fingerprint density at radius 3 is 3.14 bits per heavy atom. The van der Waals surface area contributed by atoms with Crippen LogP contribution in [0, 0.1) is 0 Å². The number of aryl methyl sites for hydroxylation is 2. The van der Waals surface area contributed by atoms with Gasteiger partial charge in [0.05, 0.1) is 18.4 Å². The standard InChI is InChI=1S/C16H20N4O2/c21-16-7-13-3-1-5-15(13)18-20(16)10-14-4-2-6-19(14)9-12-8-17-22-11-12/h7-8,11,14H,1-6,9-10H2. The molecule has 1 saturated heterocycles. The monoisotopic (exact) mass is 300 g/mol. The van der Waals surface area contributed by atoms with Gasteiger partial charge in [-0.2, -0.15) is 5.10 Å². The molecule has 1 aliphatic carbocycles. The van der Waals surface area contributed by atoms with Crippen molar-refractivity contribution in [3.05, 3.63) is 45.7 Å². The van der Waals surface area contributed by atoms with Crippen molar-refractivity contribution in [1.29, 1.82) is 0 Å². The lowest BCUT2D eigenvalue weighted by molar-refractivity contribution is 0.216. The highest BCUT2D eigenvalue weighted by Gasteiger charge is 2.26. The first-order valence-corrected chi connectivity index (χ1v) is 8.02. The fourth-order valence-corrected chi connectivity index (χ4v) is 3.62. The van der Waals surface area contributed by atoms with Crippen molar-refractivity contribution in [1.82, 2.24) is 19.8 Å². The molecule has 3 heterocycles. The van der Waals surface area contributed by atoms with Crippen LogP contribution in [-0.2, 0) is 25.9 Å². The van der Waals surface area contributed by atoms with E-state index in [1.54, 1.807) is 23.2 Å². The summed E-state index contributed by atoms with van der Waals surface area (Å²) in [6.07, 6.45) is 8.84. The lowest BCUT2D eigenvalue weighted by atomic mass is 10.2. The molecule has 1 aliphatic heterocycles. The van der Waals surface area contributed by atoms with Crippen LogP contribution < -0.4 is 5.56 Å². The summed E-state index contributed by atoms with van der Waals surface area (Å²) < 4.78 is 6.57. The number of hydrogen-bond acceptors (Lipinski definition) is 5. The Balaban J connectivity index is 1.51. The van der Waals surface area contributed by atoms with Crippen molar-refractivity contribution in [3.8, 4) is 0 Å². The van der Waals surface area contributed by atoms with Crippen LogP contribution >= 0.6 is 0 Å². The van der Waals surface area contributed by atoms with E-state index in [0.717, 1.165) is 62.0 Å². The second-order valence-electron chi connectivity index (χ2n) is 6.29. The molecule has 0 saturated carbocycles. The zero-order chi connectivity index (χ0) is 14.9. The predicted octanol–water partition coefficient (Wildman–Crippen LogP) is 1.38. The highest BCUT2D eigenvalue weighted by atomic mass is 16.5. The van der Waals surface area contributed by atoms with E-state index in [1.807, 2.05) is 0 Å². The van der Waals surface area contributed by atoms with Gasteiger partial charge in [-0.1, -0.05) is 5.16 Å². The van der Waals surface area contributed by atoms with Gasteiger partial charge in [-0.15, -0.1) is 0 Å². The Morgan fingerprint density at radius 1 is 1.32 bits per heavy atom. The molecule has 0 radical (unpaired) electrons. The molecule has 0 amide bonds. The Labute approximate surface area is 128 Å². The second-order valence-corrected chi connectivity index (χ2v) is 6.29. The molecule has 2 aromatic rings. The zero-order valence-corrected chi connectivity index (χ0v) is 12.6. The Bertz CT molecular complexity index is 707. The Morgan fingerprint density at radius 2 is 2.27 bits per heavy atom. The van der Waals surface area contributed by atoms with Gasteiger partial charge in [0, 0.05) is 24.2 Å². The van der Waals surface area contributed by atoms with Gasteiger partial charge < -0.3 is 4.52 Å². The third-order valence-corrected chi connectivity index (χ3v) is 4.78. The van der Waals surface area contributed by atoms with E-state index in [1.165, 1.54) is 0 Å². The summed E-state index contributed by atoms with van der Waals surface area (Å²) in [5.74, 6) is 0. The molecule has 22 heavy (non-hydrogen) atoms. The van der Waals surface area contributed by atoms with Gasteiger partial charge in [0.2, 0.25) is 0 Å². The normalized spacial score (nSPS) is 21.4. The lowest BCUT2D eigenvalue weighted by Gasteiger charge is -2.24. The average Bonchev–Trinajstić information content (AvgIpc) is 3.23. The maximum atomic E-state index is 12.2. The van der Waals surface area contributed by atoms with E-state index in [4.69, 9.17) is 4.52 Å². The van der Waals surface area contributed by atoms with Gasteiger partial charge in [0.25, 0.3) is 5.56 Å². The van der Waals surface area contributed by atoms with Crippen molar-refractivity contribution >= 4 is 0 Å². The maximum absolute atomic E-state index is 12.2. The number of fused-ring (bicyclic) bond motifs is 1. The molecule has 0 bridgehead atoms. The van der Waals surface area contributed by atoms with Crippen molar-refractivity contribution < 1.29 is 4.52 Å². The van der Waals surface area contributed by atoms with Crippen LogP contribution in [0.5, 0.6) is 0 Å². The zero-order valence-electron chi connectivity index (χ0n) is 12.6. The highest BCUT2D eigenvalue weighted by Crippen LogP contribution is 2.22. The molecule has 0 aromatic carbocycles. The van der Waals surface area contributed by atoms with E-state index in [-0.39, 0.29) is 5.56 Å². The van der Waals surface area contributed by atoms with Crippen LogP contribution in [0.1, 0.15) is 36.1 Å². The summed E-state index contributed by atoms with van der Waals surface area (Å²) >= 11 is 0. The summed E-state index contributed by atoms with van der Waals surface area (Å²) in [6.45, 7) is 2.56. The molecule has 1 unspecified atom stereocenters. The fraction of sp³-hybridized carbons (Fsp3) is 0.562. The van der Waals surface area contributed by atoms with Crippen LogP contribution in [0.15, 0.2) is 27.8 Å². The van der Waals surface area contributed by atoms with E-state index < -0.39 is 0 Å². The fourth-order valence-electron chi connectivity index (χ4n) is 3.62. The average molecular weight is 300 g/mol. The number of likely N-dealkylation sites (tertiary alicyclic amines) is 1. The Hall–Kier alpha value is -1.95. The Kier molecular flexibility index (Phi) is 3.54. The topological polar surface area (TPSA) is 64.2 Å². The minimum atomic E-state index is 0.0393. The molecule has 0 N–H and O–H groups in total.